The first-order chi connectivity index (χ1) is 10.9. The lowest BCUT2D eigenvalue weighted by atomic mass is 10.2. The number of benzene rings is 1. The van der Waals surface area contributed by atoms with Crippen LogP contribution in [0.4, 0.5) is 17.6 Å². The summed E-state index contributed by atoms with van der Waals surface area (Å²) >= 11 is 0. The van der Waals surface area contributed by atoms with Crippen LogP contribution >= 0.6 is 0 Å². The van der Waals surface area contributed by atoms with Gasteiger partial charge in [-0.3, -0.25) is 4.98 Å². The molecule has 2 heterocycles. The maximum absolute atomic E-state index is 13.4. The van der Waals surface area contributed by atoms with Crippen molar-refractivity contribution in [2.75, 3.05) is 0 Å². The molecule has 3 rings (SSSR count). The van der Waals surface area contributed by atoms with E-state index in [1.807, 2.05) is 0 Å². The normalized spacial score (nSPS) is 11.7. The van der Waals surface area contributed by atoms with E-state index in [4.69, 9.17) is 0 Å². The molecule has 0 aliphatic heterocycles. The van der Waals surface area contributed by atoms with Gasteiger partial charge in [0.1, 0.15) is 11.5 Å². The smallest absolute Gasteiger partial charge is 0.254 e. The Bertz CT molecular complexity index is 795. The van der Waals surface area contributed by atoms with Crippen molar-refractivity contribution < 1.29 is 17.6 Å². The molecule has 0 bridgehead atoms. The van der Waals surface area contributed by atoms with Gasteiger partial charge >= 0.3 is 6.18 Å². The quantitative estimate of drug-likeness (QED) is 0.693. The number of halogens is 4. The molecule has 0 aliphatic carbocycles. The number of pyridine rings is 1. The minimum Gasteiger partial charge on any atom is -0.254 e. The molecular formula is C15H10F4N4. The summed E-state index contributed by atoms with van der Waals surface area (Å²) in [5.41, 5.74) is -0.750. The van der Waals surface area contributed by atoms with E-state index in [0.29, 0.717) is 5.56 Å². The summed E-state index contributed by atoms with van der Waals surface area (Å²) in [6.07, 6.45) is -3.26. The summed E-state index contributed by atoms with van der Waals surface area (Å²) in [6.45, 7) is -0.172. The summed E-state index contributed by atoms with van der Waals surface area (Å²) in [7, 11) is 0. The van der Waals surface area contributed by atoms with Crippen molar-refractivity contribution in [3.63, 3.8) is 0 Å². The molecular weight excluding hydrogens is 312 g/mol. The lowest BCUT2D eigenvalue weighted by molar-refractivity contribution is -0.143. The van der Waals surface area contributed by atoms with Crippen LogP contribution in [0.5, 0.6) is 0 Å². The molecule has 2 aromatic heterocycles. The van der Waals surface area contributed by atoms with Gasteiger partial charge in [0.15, 0.2) is 5.69 Å². The first-order valence-corrected chi connectivity index (χ1v) is 6.61. The van der Waals surface area contributed by atoms with Gasteiger partial charge in [0.25, 0.3) is 0 Å². The minimum atomic E-state index is -4.64. The van der Waals surface area contributed by atoms with E-state index in [1.165, 1.54) is 36.5 Å². The molecule has 4 nitrogen and oxygen atoms in total. The molecule has 0 radical (unpaired) electrons. The molecule has 0 fully saturated rings. The third-order valence-electron chi connectivity index (χ3n) is 3.16. The molecule has 118 valence electrons. The van der Waals surface area contributed by atoms with Crippen molar-refractivity contribution in [2.45, 2.75) is 12.7 Å². The number of rotatable bonds is 3. The van der Waals surface area contributed by atoms with Crippen LogP contribution in [0.15, 0.2) is 48.7 Å². The van der Waals surface area contributed by atoms with Crippen molar-refractivity contribution in [1.29, 1.82) is 0 Å². The molecule has 0 spiro atoms. The Morgan fingerprint density at radius 3 is 2.35 bits per heavy atom. The molecule has 0 unspecified atom stereocenters. The van der Waals surface area contributed by atoms with Crippen LogP contribution in [0.3, 0.4) is 0 Å². The highest BCUT2D eigenvalue weighted by Gasteiger charge is 2.40. The zero-order valence-corrected chi connectivity index (χ0v) is 11.6. The van der Waals surface area contributed by atoms with E-state index in [-0.39, 0.29) is 17.9 Å². The molecule has 8 heteroatoms. The van der Waals surface area contributed by atoms with Crippen LogP contribution in [0.25, 0.3) is 11.4 Å². The second kappa shape index (κ2) is 5.79. The van der Waals surface area contributed by atoms with Gasteiger partial charge in [-0.2, -0.15) is 13.2 Å². The van der Waals surface area contributed by atoms with Crippen molar-refractivity contribution in [1.82, 2.24) is 20.0 Å². The minimum absolute atomic E-state index is 0.0881. The number of aromatic nitrogens is 4. The summed E-state index contributed by atoms with van der Waals surface area (Å²) in [6, 6.07) is 9.76. The SMILES string of the molecule is Fc1ccc(Cn2nnc(-c3ccccn3)c2C(F)(F)F)cc1. The van der Waals surface area contributed by atoms with Gasteiger partial charge < -0.3 is 0 Å². The average molecular weight is 322 g/mol. The van der Waals surface area contributed by atoms with Crippen LogP contribution in [0.1, 0.15) is 11.3 Å². The third kappa shape index (κ3) is 3.20. The Morgan fingerprint density at radius 1 is 1.00 bits per heavy atom. The van der Waals surface area contributed by atoms with Crippen molar-refractivity contribution >= 4 is 0 Å². The maximum Gasteiger partial charge on any atom is 0.435 e. The number of alkyl halides is 3. The second-order valence-corrected chi connectivity index (χ2v) is 4.78. The molecule has 0 N–H and O–H groups in total. The van der Waals surface area contributed by atoms with Crippen LogP contribution in [-0.4, -0.2) is 20.0 Å². The van der Waals surface area contributed by atoms with Gasteiger partial charge in [-0.15, -0.1) is 5.10 Å². The molecule has 0 atom stereocenters. The highest BCUT2D eigenvalue weighted by molar-refractivity contribution is 5.57. The standard InChI is InChI=1S/C15H10F4N4/c16-11-6-4-10(5-7-11)9-23-14(15(17,18)19)13(21-22-23)12-3-1-2-8-20-12/h1-8H,9H2. The second-order valence-electron chi connectivity index (χ2n) is 4.78. The lowest BCUT2D eigenvalue weighted by Gasteiger charge is -2.11. The van der Waals surface area contributed by atoms with Gasteiger partial charge in [0.2, 0.25) is 0 Å². The fourth-order valence-electron chi connectivity index (χ4n) is 2.14. The predicted octanol–water partition coefficient (Wildman–Crippen LogP) is 3.55. The average Bonchev–Trinajstić information content (AvgIpc) is 2.94. The Labute approximate surface area is 128 Å². The molecule has 3 aromatic rings. The first kappa shape index (κ1) is 15.1. The monoisotopic (exact) mass is 322 g/mol. The summed E-state index contributed by atoms with van der Waals surface area (Å²) in [5, 5.41) is 7.21. The number of nitrogens with zero attached hydrogens (tertiary/aromatic N) is 4. The maximum atomic E-state index is 13.4. The van der Waals surface area contributed by atoms with Gasteiger partial charge in [-0.1, -0.05) is 23.4 Å². The van der Waals surface area contributed by atoms with E-state index in [1.54, 1.807) is 12.1 Å². The lowest BCUT2D eigenvalue weighted by Crippen LogP contribution is -2.16. The van der Waals surface area contributed by atoms with Crippen molar-refractivity contribution in [2.24, 2.45) is 0 Å². The summed E-state index contributed by atoms with van der Waals surface area (Å²) in [4.78, 5) is 3.89. The zero-order valence-electron chi connectivity index (χ0n) is 11.6. The van der Waals surface area contributed by atoms with Gasteiger partial charge in [-0.05, 0) is 29.8 Å². The molecule has 0 aliphatic rings. The molecule has 0 saturated heterocycles. The van der Waals surface area contributed by atoms with Crippen LogP contribution in [-0.2, 0) is 12.7 Å². The first-order valence-electron chi connectivity index (χ1n) is 6.61. The van der Waals surface area contributed by atoms with Crippen LogP contribution in [0, 0.1) is 5.82 Å². The van der Waals surface area contributed by atoms with Crippen LogP contribution in [0.2, 0.25) is 0 Å². The van der Waals surface area contributed by atoms with E-state index in [0.717, 1.165) is 4.68 Å². The Hall–Kier alpha value is -2.77. The van der Waals surface area contributed by atoms with Gasteiger partial charge in [-0.25, -0.2) is 9.07 Å². The van der Waals surface area contributed by atoms with Crippen molar-refractivity contribution in [3.05, 3.63) is 65.7 Å². The van der Waals surface area contributed by atoms with E-state index in [2.05, 4.69) is 15.3 Å². The van der Waals surface area contributed by atoms with E-state index in [9.17, 15) is 17.6 Å². The van der Waals surface area contributed by atoms with Crippen molar-refractivity contribution in [3.8, 4) is 11.4 Å². The predicted molar refractivity (Wildman–Crippen MR) is 73.8 cm³/mol. The van der Waals surface area contributed by atoms with Gasteiger partial charge in [0.05, 0.1) is 12.2 Å². The summed E-state index contributed by atoms with van der Waals surface area (Å²) < 4.78 is 53.9. The van der Waals surface area contributed by atoms with Gasteiger partial charge in [0, 0.05) is 6.20 Å². The number of hydrogen-bond donors (Lipinski definition) is 0. The fourth-order valence-corrected chi connectivity index (χ4v) is 2.14. The fraction of sp³-hybridized carbons (Fsp3) is 0.133. The van der Waals surface area contributed by atoms with E-state index >= 15 is 0 Å². The molecule has 23 heavy (non-hydrogen) atoms. The van der Waals surface area contributed by atoms with E-state index < -0.39 is 17.7 Å². The summed E-state index contributed by atoms with van der Waals surface area (Å²) in [5.74, 6) is -0.461. The molecule has 1 aromatic carbocycles. The molecule has 0 saturated carbocycles. The third-order valence-corrected chi connectivity index (χ3v) is 3.16. The zero-order chi connectivity index (χ0) is 16.4. The largest absolute Gasteiger partial charge is 0.435 e. The Kier molecular flexibility index (Phi) is 3.81. The topological polar surface area (TPSA) is 43.6 Å². The highest BCUT2D eigenvalue weighted by Crippen LogP contribution is 2.35. The Morgan fingerprint density at radius 2 is 1.74 bits per heavy atom. The van der Waals surface area contributed by atoms with Crippen LogP contribution < -0.4 is 0 Å². The Balaban J connectivity index is 2.04. The molecule has 0 amide bonds. The highest BCUT2D eigenvalue weighted by atomic mass is 19.4. The number of hydrogen-bond acceptors (Lipinski definition) is 3.